The fraction of sp³-hybridized carbons (Fsp3) is 0.421. The normalized spacial score (nSPS) is 19.2. The molecule has 1 aliphatic heterocycles. The van der Waals surface area contributed by atoms with Gasteiger partial charge in [-0.2, -0.15) is 5.26 Å². The summed E-state index contributed by atoms with van der Waals surface area (Å²) in [6.07, 6.45) is 1.92. The van der Waals surface area contributed by atoms with Crippen molar-refractivity contribution >= 4 is 17.2 Å². The highest BCUT2D eigenvalue weighted by molar-refractivity contribution is 7.09. The van der Waals surface area contributed by atoms with Crippen LogP contribution in [0, 0.1) is 17.2 Å². The minimum atomic E-state index is 0.0333. The number of piperidine rings is 1. The van der Waals surface area contributed by atoms with Gasteiger partial charge in [0.1, 0.15) is 5.01 Å². The minimum absolute atomic E-state index is 0.0333. The predicted molar refractivity (Wildman–Crippen MR) is 98.9 cm³/mol. The number of carbonyl (C=O) groups excluding carboxylic acids is 1. The van der Waals surface area contributed by atoms with Crippen LogP contribution in [0.5, 0.6) is 0 Å². The molecule has 1 aromatic heterocycles. The Morgan fingerprint density at radius 2 is 2.20 bits per heavy atom. The van der Waals surface area contributed by atoms with Crippen molar-refractivity contribution in [2.45, 2.75) is 38.8 Å². The second kappa shape index (κ2) is 7.34. The number of nitrogens with zero attached hydrogens (tertiary/aromatic N) is 2. The summed E-state index contributed by atoms with van der Waals surface area (Å²) in [5.74, 6) is 0.129. The van der Waals surface area contributed by atoms with Gasteiger partial charge in [-0.15, -0.1) is 11.3 Å². The van der Waals surface area contributed by atoms with E-state index in [0.29, 0.717) is 12.1 Å². The molecular formula is C19H22N4OS. The summed E-state index contributed by atoms with van der Waals surface area (Å²) in [6.45, 7) is 5.52. The number of nitriles is 1. The summed E-state index contributed by atoms with van der Waals surface area (Å²) < 4.78 is 0. The Bertz CT molecular complexity index is 779. The van der Waals surface area contributed by atoms with Gasteiger partial charge in [0.25, 0.3) is 0 Å². The van der Waals surface area contributed by atoms with E-state index in [9.17, 15) is 4.79 Å². The molecule has 130 valence electrons. The Hall–Kier alpha value is -2.23. The third-order valence-electron chi connectivity index (χ3n) is 4.59. The number of hydrogen-bond donors (Lipinski definition) is 2. The summed E-state index contributed by atoms with van der Waals surface area (Å²) in [7, 11) is 0. The minimum Gasteiger partial charge on any atom is -0.349 e. The van der Waals surface area contributed by atoms with Crippen molar-refractivity contribution in [2.75, 3.05) is 6.54 Å². The molecule has 25 heavy (non-hydrogen) atoms. The van der Waals surface area contributed by atoms with Crippen LogP contribution in [0.4, 0.5) is 0 Å². The van der Waals surface area contributed by atoms with Gasteiger partial charge in [0, 0.05) is 23.0 Å². The lowest BCUT2D eigenvalue weighted by atomic mass is 9.87. The Balaban J connectivity index is 1.55. The molecule has 1 fully saturated rings. The van der Waals surface area contributed by atoms with Gasteiger partial charge in [-0.05, 0) is 38.8 Å². The van der Waals surface area contributed by atoms with Gasteiger partial charge < -0.3 is 10.6 Å². The maximum Gasteiger partial charge on any atom is 0.224 e. The Morgan fingerprint density at radius 3 is 2.84 bits per heavy atom. The van der Waals surface area contributed by atoms with Crippen molar-refractivity contribution in [2.24, 2.45) is 5.92 Å². The lowest BCUT2D eigenvalue weighted by molar-refractivity contribution is -0.126. The average molecular weight is 354 g/mol. The monoisotopic (exact) mass is 354 g/mol. The molecule has 1 amide bonds. The van der Waals surface area contributed by atoms with Crippen LogP contribution in [0.15, 0.2) is 29.6 Å². The summed E-state index contributed by atoms with van der Waals surface area (Å²) in [5.41, 5.74) is 2.62. The number of nitrogens with one attached hydrogen (secondary N) is 2. The van der Waals surface area contributed by atoms with Gasteiger partial charge in [-0.25, -0.2) is 4.98 Å². The van der Waals surface area contributed by atoms with Crippen molar-refractivity contribution in [3.63, 3.8) is 0 Å². The number of carbonyl (C=O) groups is 1. The Morgan fingerprint density at radius 1 is 1.44 bits per heavy atom. The molecule has 2 N–H and O–H groups in total. The summed E-state index contributed by atoms with van der Waals surface area (Å²) >= 11 is 1.54. The molecule has 3 rings (SSSR count). The molecule has 1 aliphatic rings. The molecule has 0 saturated carbocycles. The number of benzene rings is 1. The van der Waals surface area contributed by atoms with Gasteiger partial charge in [-0.3, -0.25) is 4.79 Å². The standard InChI is InChI=1S/C19H22N4OS/c1-19(2)8-7-15(10-22-19)18(24)21-11-17-23-16(12-25-17)14-5-3-13(9-20)4-6-14/h3-6,12,15,22H,7-8,10-11H2,1-2H3,(H,21,24). The third-order valence-corrected chi connectivity index (χ3v) is 5.44. The van der Waals surface area contributed by atoms with Crippen molar-refractivity contribution in [3.05, 3.63) is 40.2 Å². The number of thiazole rings is 1. The van der Waals surface area contributed by atoms with Gasteiger partial charge in [0.2, 0.25) is 5.91 Å². The van der Waals surface area contributed by atoms with E-state index in [1.54, 1.807) is 12.1 Å². The fourth-order valence-corrected chi connectivity index (χ4v) is 3.64. The first-order valence-corrected chi connectivity index (χ1v) is 9.32. The SMILES string of the molecule is CC1(C)CCC(C(=O)NCc2nc(-c3ccc(C#N)cc3)cs2)CN1. The lowest BCUT2D eigenvalue weighted by Gasteiger charge is -2.35. The quantitative estimate of drug-likeness (QED) is 0.884. The molecule has 0 spiro atoms. The number of amides is 1. The van der Waals surface area contributed by atoms with Crippen LogP contribution in [-0.4, -0.2) is 23.0 Å². The maximum atomic E-state index is 12.3. The maximum absolute atomic E-state index is 12.3. The fourth-order valence-electron chi connectivity index (χ4n) is 2.90. The first kappa shape index (κ1) is 17.6. The molecule has 2 aromatic rings. The third kappa shape index (κ3) is 4.44. The van der Waals surface area contributed by atoms with E-state index < -0.39 is 0 Å². The van der Waals surface area contributed by atoms with Gasteiger partial charge in [0.05, 0.1) is 29.8 Å². The van der Waals surface area contributed by atoms with E-state index in [-0.39, 0.29) is 17.4 Å². The first-order valence-electron chi connectivity index (χ1n) is 8.44. The summed E-state index contributed by atoms with van der Waals surface area (Å²) in [4.78, 5) is 16.9. The molecule has 1 aromatic carbocycles. The molecule has 6 heteroatoms. The zero-order valence-electron chi connectivity index (χ0n) is 14.5. The molecule has 1 atom stereocenters. The molecule has 0 aliphatic carbocycles. The van der Waals surface area contributed by atoms with Crippen LogP contribution in [0.25, 0.3) is 11.3 Å². The second-order valence-electron chi connectivity index (χ2n) is 7.03. The van der Waals surface area contributed by atoms with E-state index in [2.05, 4.69) is 35.5 Å². The van der Waals surface area contributed by atoms with Crippen LogP contribution in [0.2, 0.25) is 0 Å². The molecule has 1 saturated heterocycles. The highest BCUT2D eigenvalue weighted by atomic mass is 32.1. The first-order chi connectivity index (χ1) is 12.0. The number of hydrogen-bond acceptors (Lipinski definition) is 5. The van der Waals surface area contributed by atoms with E-state index in [1.165, 1.54) is 11.3 Å². The molecule has 1 unspecified atom stereocenters. The van der Waals surface area contributed by atoms with Crippen molar-refractivity contribution in [3.8, 4) is 17.3 Å². The van der Waals surface area contributed by atoms with Crippen molar-refractivity contribution in [1.29, 1.82) is 5.26 Å². The van der Waals surface area contributed by atoms with Gasteiger partial charge in [0.15, 0.2) is 0 Å². The van der Waals surface area contributed by atoms with Gasteiger partial charge in [-0.1, -0.05) is 12.1 Å². The predicted octanol–water partition coefficient (Wildman–Crippen LogP) is 3.08. The molecule has 0 bridgehead atoms. The van der Waals surface area contributed by atoms with Crippen molar-refractivity contribution in [1.82, 2.24) is 15.6 Å². The lowest BCUT2D eigenvalue weighted by Crippen LogP contribution is -2.50. The highest BCUT2D eigenvalue weighted by Crippen LogP contribution is 2.24. The molecule has 0 radical (unpaired) electrons. The molecule has 5 nitrogen and oxygen atoms in total. The number of aromatic nitrogens is 1. The zero-order chi connectivity index (χ0) is 17.9. The largest absolute Gasteiger partial charge is 0.349 e. The summed E-state index contributed by atoms with van der Waals surface area (Å²) in [6, 6.07) is 9.47. The average Bonchev–Trinajstić information content (AvgIpc) is 3.09. The molecular weight excluding hydrogens is 332 g/mol. The second-order valence-corrected chi connectivity index (χ2v) is 7.98. The van der Waals surface area contributed by atoms with Crippen LogP contribution in [-0.2, 0) is 11.3 Å². The van der Waals surface area contributed by atoms with Crippen LogP contribution < -0.4 is 10.6 Å². The zero-order valence-corrected chi connectivity index (χ0v) is 15.3. The topological polar surface area (TPSA) is 77.8 Å². The van der Waals surface area contributed by atoms with E-state index in [1.807, 2.05) is 17.5 Å². The Labute approximate surface area is 152 Å². The van der Waals surface area contributed by atoms with E-state index in [0.717, 1.165) is 35.7 Å². The van der Waals surface area contributed by atoms with Crippen molar-refractivity contribution < 1.29 is 4.79 Å². The van der Waals surface area contributed by atoms with Crippen LogP contribution in [0.1, 0.15) is 37.3 Å². The summed E-state index contributed by atoms with van der Waals surface area (Å²) in [5, 5.41) is 18.1. The van der Waals surface area contributed by atoms with Crippen LogP contribution >= 0.6 is 11.3 Å². The smallest absolute Gasteiger partial charge is 0.224 e. The van der Waals surface area contributed by atoms with E-state index in [4.69, 9.17) is 5.26 Å². The van der Waals surface area contributed by atoms with Crippen LogP contribution in [0.3, 0.4) is 0 Å². The molecule has 2 heterocycles. The van der Waals surface area contributed by atoms with E-state index >= 15 is 0 Å². The highest BCUT2D eigenvalue weighted by Gasteiger charge is 2.29. The Kier molecular flexibility index (Phi) is 5.16. The number of rotatable bonds is 4. The van der Waals surface area contributed by atoms with Gasteiger partial charge >= 0.3 is 0 Å².